The first-order valence-electron chi connectivity index (χ1n) is 5.58. The van der Waals surface area contributed by atoms with E-state index in [-0.39, 0.29) is 5.56 Å². The molecule has 1 saturated heterocycles. The van der Waals surface area contributed by atoms with Gasteiger partial charge in [-0.1, -0.05) is 0 Å². The van der Waals surface area contributed by atoms with Crippen LogP contribution in [0.4, 0.5) is 5.95 Å². The van der Waals surface area contributed by atoms with E-state index in [2.05, 4.69) is 27.2 Å². The van der Waals surface area contributed by atoms with Crippen LogP contribution in [-0.2, 0) is 0 Å². The average Bonchev–Trinajstić information content (AvgIpc) is 2.63. The molecule has 0 spiro atoms. The predicted molar refractivity (Wildman–Crippen MR) is 63.3 cm³/mol. The highest BCUT2D eigenvalue weighted by Gasteiger charge is 2.20. The van der Waals surface area contributed by atoms with Gasteiger partial charge >= 0.3 is 5.97 Å². The maximum absolute atomic E-state index is 10.8. The molecule has 0 amide bonds. The van der Waals surface area contributed by atoms with E-state index in [1.165, 1.54) is 6.20 Å². The van der Waals surface area contributed by atoms with Crippen molar-refractivity contribution in [3.8, 4) is 0 Å². The first-order chi connectivity index (χ1) is 8.06. The van der Waals surface area contributed by atoms with Crippen molar-refractivity contribution in [3.63, 3.8) is 0 Å². The van der Waals surface area contributed by atoms with Crippen LogP contribution in [0, 0.1) is 6.92 Å². The summed E-state index contributed by atoms with van der Waals surface area (Å²) in [6, 6.07) is 0.343. The van der Waals surface area contributed by atoms with Crippen molar-refractivity contribution < 1.29 is 9.90 Å². The van der Waals surface area contributed by atoms with E-state index in [0.717, 1.165) is 19.5 Å². The summed E-state index contributed by atoms with van der Waals surface area (Å²) in [4.78, 5) is 21.2. The molecule has 1 fully saturated rings. The van der Waals surface area contributed by atoms with E-state index in [1.54, 1.807) is 6.92 Å². The Bertz CT molecular complexity index is 435. The van der Waals surface area contributed by atoms with Crippen LogP contribution in [0.3, 0.4) is 0 Å². The molecule has 0 bridgehead atoms. The number of anilines is 1. The SMILES string of the molecule is Cc1nc(NC2CCN(C)C2)ncc1C(=O)O. The number of likely N-dealkylation sites (N-methyl/N-ethyl adjacent to an activating group) is 1. The number of hydrogen-bond acceptors (Lipinski definition) is 5. The van der Waals surface area contributed by atoms with E-state index in [0.29, 0.717) is 17.7 Å². The molecule has 1 aliphatic rings. The van der Waals surface area contributed by atoms with Gasteiger partial charge in [0.1, 0.15) is 0 Å². The van der Waals surface area contributed by atoms with Gasteiger partial charge in [-0.3, -0.25) is 0 Å². The fraction of sp³-hybridized carbons (Fsp3) is 0.545. The number of carbonyl (C=O) groups is 1. The quantitative estimate of drug-likeness (QED) is 0.800. The van der Waals surface area contributed by atoms with E-state index in [4.69, 9.17) is 5.11 Å². The number of likely N-dealkylation sites (tertiary alicyclic amines) is 1. The third kappa shape index (κ3) is 2.71. The number of nitrogens with zero attached hydrogens (tertiary/aromatic N) is 3. The molecule has 92 valence electrons. The molecular formula is C11H16N4O2. The molecule has 0 radical (unpaired) electrons. The molecule has 2 heterocycles. The number of aryl methyl sites for hydroxylation is 1. The number of hydrogen-bond donors (Lipinski definition) is 2. The second-order valence-corrected chi connectivity index (χ2v) is 4.39. The average molecular weight is 236 g/mol. The zero-order valence-corrected chi connectivity index (χ0v) is 9.97. The maximum Gasteiger partial charge on any atom is 0.339 e. The van der Waals surface area contributed by atoms with Crippen molar-refractivity contribution >= 4 is 11.9 Å². The first kappa shape index (κ1) is 11.8. The van der Waals surface area contributed by atoms with Crippen LogP contribution in [-0.4, -0.2) is 52.1 Å². The Kier molecular flexibility index (Phi) is 3.23. The van der Waals surface area contributed by atoms with Gasteiger partial charge < -0.3 is 15.3 Å². The molecule has 2 rings (SSSR count). The van der Waals surface area contributed by atoms with Gasteiger partial charge in [-0.15, -0.1) is 0 Å². The highest BCUT2D eigenvalue weighted by molar-refractivity contribution is 5.88. The Labute approximate surface area is 99.7 Å². The maximum atomic E-state index is 10.8. The van der Waals surface area contributed by atoms with Gasteiger partial charge in [0.25, 0.3) is 0 Å². The van der Waals surface area contributed by atoms with E-state index in [1.807, 2.05) is 0 Å². The summed E-state index contributed by atoms with van der Waals surface area (Å²) in [6.07, 6.45) is 2.41. The van der Waals surface area contributed by atoms with Gasteiger partial charge in [-0.25, -0.2) is 14.8 Å². The van der Waals surface area contributed by atoms with Crippen molar-refractivity contribution in [3.05, 3.63) is 17.5 Å². The Morgan fingerprint density at radius 1 is 1.65 bits per heavy atom. The number of carboxylic acids is 1. The molecule has 1 atom stereocenters. The third-order valence-corrected chi connectivity index (χ3v) is 2.93. The number of aromatic carboxylic acids is 1. The summed E-state index contributed by atoms with van der Waals surface area (Å²) in [5.74, 6) is -0.484. The topological polar surface area (TPSA) is 78.4 Å². The van der Waals surface area contributed by atoms with Crippen molar-refractivity contribution in [2.45, 2.75) is 19.4 Å². The molecule has 0 aromatic carbocycles. The van der Waals surface area contributed by atoms with Gasteiger partial charge in [-0.2, -0.15) is 0 Å². The Hall–Kier alpha value is -1.69. The standard InChI is InChI=1S/C11H16N4O2/c1-7-9(10(16)17)5-12-11(13-7)14-8-3-4-15(2)6-8/h5,8H,3-4,6H2,1-2H3,(H,16,17)(H,12,13,14). The van der Waals surface area contributed by atoms with Crippen LogP contribution < -0.4 is 5.32 Å². The van der Waals surface area contributed by atoms with Crippen LogP contribution in [0.15, 0.2) is 6.20 Å². The molecule has 0 aliphatic carbocycles. The summed E-state index contributed by atoms with van der Waals surface area (Å²) < 4.78 is 0. The van der Waals surface area contributed by atoms with Crippen LogP contribution in [0.25, 0.3) is 0 Å². The number of carboxylic acid groups (broad SMARTS) is 1. The minimum absolute atomic E-state index is 0.152. The zero-order chi connectivity index (χ0) is 12.4. The van der Waals surface area contributed by atoms with Gasteiger partial charge in [0.15, 0.2) is 0 Å². The highest BCUT2D eigenvalue weighted by atomic mass is 16.4. The molecule has 6 heteroatoms. The van der Waals surface area contributed by atoms with Gasteiger partial charge in [0.2, 0.25) is 5.95 Å². The fourth-order valence-electron chi connectivity index (χ4n) is 1.98. The molecule has 6 nitrogen and oxygen atoms in total. The van der Waals surface area contributed by atoms with Crippen LogP contribution in [0.2, 0.25) is 0 Å². The van der Waals surface area contributed by atoms with Crippen molar-refractivity contribution in [2.75, 3.05) is 25.5 Å². The first-order valence-corrected chi connectivity index (χ1v) is 5.58. The molecule has 1 aromatic heterocycles. The highest BCUT2D eigenvalue weighted by Crippen LogP contribution is 2.13. The lowest BCUT2D eigenvalue weighted by Gasteiger charge is -2.13. The summed E-state index contributed by atoms with van der Waals surface area (Å²) in [6.45, 7) is 3.70. The fourth-order valence-corrected chi connectivity index (χ4v) is 1.98. The Morgan fingerprint density at radius 2 is 2.41 bits per heavy atom. The second-order valence-electron chi connectivity index (χ2n) is 4.39. The second kappa shape index (κ2) is 4.67. The van der Waals surface area contributed by atoms with E-state index < -0.39 is 5.97 Å². The summed E-state index contributed by atoms with van der Waals surface area (Å²) in [7, 11) is 2.07. The zero-order valence-electron chi connectivity index (χ0n) is 9.97. The van der Waals surface area contributed by atoms with Gasteiger partial charge in [-0.05, 0) is 26.9 Å². The van der Waals surface area contributed by atoms with Crippen molar-refractivity contribution in [1.82, 2.24) is 14.9 Å². The van der Waals surface area contributed by atoms with Crippen molar-refractivity contribution in [2.24, 2.45) is 0 Å². The minimum atomic E-state index is -0.991. The number of aromatic nitrogens is 2. The minimum Gasteiger partial charge on any atom is -0.478 e. The lowest BCUT2D eigenvalue weighted by Crippen LogP contribution is -2.24. The molecule has 2 N–H and O–H groups in total. The smallest absolute Gasteiger partial charge is 0.339 e. The molecular weight excluding hydrogens is 220 g/mol. The number of nitrogens with one attached hydrogen (secondary N) is 1. The van der Waals surface area contributed by atoms with E-state index in [9.17, 15) is 4.79 Å². The van der Waals surface area contributed by atoms with Crippen LogP contribution >= 0.6 is 0 Å². The van der Waals surface area contributed by atoms with Crippen LogP contribution in [0.1, 0.15) is 22.5 Å². The summed E-state index contributed by atoms with van der Waals surface area (Å²) >= 11 is 0. The lowest BCUT2D eigenvalue weighted by molar-refractivity contribution is 0.0695. The van der Waals surface area contributed by atoms with Gasteiger partial charge in [0.05, 0.1) is 11.3 Å². The Balaban J connectivity index is 2.07. The predicted octanol–water partition coefficient (Wildman–Crippen LogP) is 0.599. The normalized spacial score (nSPS) is 20.5. The van der Waals surface area contributed by atoms with Gasteiger partial charge in [0, 0.05) is 18.8 Å². The largest absolute Gasteiger partial charge is 0.478 e. The monoisotopic (exact) mass is 236 g/mol. The molecule has 1 aromatic rings. The lowest BCUT2D eigenvalue weighted by atomic mass is 10.2. The molecule has 1 unspecified atom stereocenters. The van der Waals surface area contributed by atoms with Crippen LogP contribution in [0.5, 0.6) is 0 Å². The summed E-state index contributed by atoms with van der Waals surface area (Å²) in [5, 5.41) is 12.1. The number of rotatable bonds is 3. The molecule has 0 saturated carbocycles. The van der Waals surface area contributed by atoms with E-state index >= 15 is 0 Å². The third-order valence-electron chi connectivity index (χ3n) is 2.93. The molecule has 1 aliphatic heterocycles. The summed E-state index contributed by atoms with van der Waals surface area (Å²) in [5.41, 5.74) is 0.639. The Morgan fingerprint density at radius 3 is 2.94 bits per heavy atom. The van der Waals surface area contributed by atoms with Crippen molar-refractivity contribution in [1.29, 1.82) is 0 Å². The molecule has 17 heavy (non-hydrogen) atoms.